The number of fused-ring (bicyclic) bond motifs is 2. The van der Waals surface area contributed by atoms with E-state index in [4.69, 9.17) is 0 Å². The summed E-state index contributed by atoms with van der Waals surface area (Å²) >= 11 is 0. The van der Waals surface area contributed by atoms with Crippen molar-refractivity contribution in [2.75, 3.05) is 24.6 Å². The van der Waals surface area contributed by atoms with E-state index in [9.17, 15) is 0 Å². The SMILES string of the molecule is c1ccc2c(c1)P1CCP2CC1. The molecule has 1 aromatic rings. The first-order valence-electron chi connectivity index (χ1n) is 4.54. The lowest BCUT2D eigenvalue weighted by atomic mass is 10.4. The van der Waals surface area contributed by atoms with Crippen LogP contribution < -0.4 is 10.6 Å². The van der Waals surface area contributed by atoms with E-state index in [1.54, 1.807) is 10.6 Å². The van der Waals surface area contributed by atoms with E-state index in [0.29, 0.717) is 15.8 Å². The minimum Gasteiger partial charge on any atom is -0.0739 e. The van der Waals surface area contributed by atoms with Crippen molar-refractivity contribution >= 4 is 26.5 Å². The molecule has 0 aliphatic carbocycles. The third kappa shape index (κ3) is 0.983. The maximum Gasteiger partial charge on any atom is -0.0164 e. The fraction of sp³-hybridized carbons (Fsp3) is 0.400. The van der Waals surface area contributed by atoms with Crippen molar-refractivity contribution in [3.05, 3.63) is 24.3 Å². The van der Waals surface area contributed by atoms with Gasteiger partial charge in [0.05, 0.1) is 0 Å². The normalized spacial score (nSPS) is 31.7. The second-order valence-electron chi connectivity index (χ2n) is 3.46. The second kappa shape index (κ2) is 2.79. The Morgan fingerprint density at radius 1 is 0.750 bits per heavy atom. The van der Waals surface area contributed by atoms with Crippen LogP contribution in [0, 0.1) is 0 Å². The standard InChI is InChI=1S/C10H12P2/c1-2-4-10-9(3-1)11-5-7-12(10)8-6-11/h1-4H,5-8H2. The lowest BCUT2D eigenvalue weighted by molar-refractivity contribution is 1.34. The van der Waals surface area contributed by atoms with Gasteiger partial charge in [0.25, 0.3) is 0 Å². The minimum absolute atomic E-state index is 0.297. The summed E-state index contributed by atoms with van der Waals surface area (Å²) in [6.45, 7) is 0. The van der Waals surface area contributed by atoms with Crippen LogP contribution in [0.15, 0.2) is 24.3 Å². The van der Waals surface area contributed by atoms with Crippen LogP contribution in [0.3, 0.4) is 0 Å². The van der Waals surface area contributed by atoms with Crippen LogP contribution in [0.25, 0.3) is 0 Å². The molecule has 1 fully saturated rings. The van der Waals surface area contributed by atoms with Crippen LogP contribution in [-0.2, 0) is 0 Å². The Labute approximate surface area is 75.9 Å². The van der Waals surface area contributed by atoms with E-state index in [1.807, 2.05) is 0 Å². The molecule has 2 heteroatoms. The Morgan fingerprint density at radius 2 is 1.17 bits per heavy atom. The highest BCUT2D eigenvalue weighted by atomic mass is 31.1. The molecular formula is C10H12P2. The molecule has 1 aromatic carbocycles. The molecule has 3 aliphatic heterocycles. The number of rotatable bonds is 0. The zero-order valence-corrected chi connectivity index (χ0v) is 8.82. The highest BCUT2D eigenvalue weighted by Crippen LogP contribution is 2.54. The van der Waals surface area contributed by atoms with Crippen molar-refractivity contribution in [1.82, 2.24) is 0 Å². The van der Waals surface area contributed by atoms with Gasteiger partial charge < -0.3 is 0 Å². The fourth-order valence-corrected chi connectivity index (χ4v) is 9.70. The van der Waals surface area contributed by atoms with Crippen LogP contribution in [0.1, 0.15) is 0 Å². The Morgan fingerprint density at radius 3 is 1.58 bits per heavy atom. The third-order valence-corrected chi connectivity index (χ3v) is 8.92. The molecule has 0 aromatic heterocycles. The second-order valence-corrected chi connectivity index (χ2v) is 8.37. The zero-order valence-electron chi connectivity index (χ0n) is 7.03. The summed E-state index contributed by atoms with van der Waals surface area (Å²) in [5, 5.41) is 3.52. The molecular weight excluding hydrogens is 182 g/mol. The summed E-state index contributed by atoms with van der Waals surface area (Å²) in [6.07, 6.45) is 6.16. The molecule has 0 radical (unpaired) electrons. The smallest absolute Gasteiger partial charge is 0.0164 e. The molecule has 3 heterocycles. The molecule has 0 unspecified atom stereocenters. The predicted octanol–water partition coefficient (Wildman–Crippen LogP) is 1.93. The van der Waals surface area contributed by atoms with Gasteiger partial charge in [0.2, 0.25) is 0 Å². The highest BCUT2D eigenvalue weighted by molar-refractivity contribution is 7.78. The maximum atomic E-state index is 2.38. The Hall–Kier alpha value is 0.0800. The van der Waals surface area contributed by atoms with Crippen molar-refractivity contribution in [2.45, 2.75) is 0 Å². The molecule has 0 nitrogen and oxygen atoms in total. The summed E-state index contributed by atoms with van der Waals surface area (Å²) in [5.74, 6) is 0. The van der Waals surface area contributed by atoms with Gasteiger partial charge in [0.15, 0.2) is 0 Å². The van der Waals surface area contributed by atoms with E-state index in [2.05, 4.69) is 24.3 Å². The van der Waals surface area contributed by atoms with Crippen LogP contribution >= 0.6 is 15.8 Å². The highest BCUT2D eigenvalue weighted by Gasteiger charge is 2.31. The van der Waals surface area contributed by atoms with Crippen molar-refractivity contribution in [1.29, 1.82) is 0 Å². The van der Waals surface area contributed by atoms with Gasteiger partial charge in [0.1, 0.15) is 0 Å². The van der Waals surface area contributed by atoms with E-state index in [1.165, 1.54) is 24.6 Å². The lowest BCUT2D eigenvalue weighted by Gasteiger charge is -2.38. The van der Waals surface area contributed by atoms with E-state index in [0.717, 1.165) is 0 Å². The third-order valence-electron chi connectivity index (χ3n) is 2.84. The molecule has 62 valence electrons. The van der Waals surface area contributed by atoms with Gasteiger partial charge in [-0.1, -0.05) is 40.1 Å². The first-order valence-corrected chi connectivity index (χ1v) is 7.96. The topological polar surface area (TPSA) is 0 Å². The summed E-state index contributed by atoms with van der Waals surface area (Å²) in [5.41, 5.74) is 0. The summed E-state index contributed by atoms with van der Waals surface area (Å²) in [7, 11) is 0.594. The van der Waals surface area contributed by atoms with Crippen LogP contribution in [-0.4, -0.2) is 24.6 Å². The van der Waals surface area contributed by atoms with E-state index in [-0.39, 0.29) is 0 Å². The Bertz CT molecular complexity index is 269. The monoisotopic (exact) mass is 194 g/mol. The minimum atomic E-state index is 0.297. The summed E-state index contributed by atoms with van der Waals surface area (Å²) in [4.78, 5) is 0. The number of hydrogen-bond acceptors (Lipinski definition) is 0. The van der Waals surface area contributed by atoms with Crippen molar-refractivity contribution in [3.8, 4) is 0 Å². The molecule has 4 rings (SSSR count). The molecule has 0 atom stereocenters. The van der Waals surface area contributed by atoms with Gasteiger partial charge in [0, 0.05) is 0 Å². The van der Waals surface area contributed by atoms with Gasteiger partial charge in [-0.15, -0.1) is 0 Å². The first kappa shape index (κ1) is 7.48. The average Bonchev–Trinajstić information content (AvgIpc) is 2.20. The van der Waals surface area contributed by atoms with Gasteiger partial charge in [-0.3, -0.25) is 0 Å². The van der Waals surface area contributed by atoms with Crippen LogP contribution in [0.4, 0.5) is 0 Å². The molecule has 0 saturated carbocycles. The Kier molecular flexibility index (Phi) is 1.74. The van der Waals surface area contributed by atoms with Crippen LogP contribution in [0.2, 0.25) is 0 Å². The molecule has 1 saturated heterocycles. The Balaban J connectivity index is 2.19. The fourth-order valence-electron chi connectivity index (χ4n) is 2.19. The summed E-state index contributed by atoms with van der Waals surface area (Å²) < 4.78 is 0. The predicted molar refractivity (Wildman–Crippen MR) is 59.0 cm³/mol. The van der Waals surface area contributed by atoms with Gasteiger partial charge in [-0.2, -0.15) is 0 Å². The number of benzene rings is 1. The van der Waals surface area contributed by atoms with Crippen molar-refractivity contribution in [2.24, 2.45) is 0 Å². The summed E-state index contributed by atoms with van der Waals surface area (Å²) in [6, 6.07) is 9.21. The van der Waals surface area contributed by atoms with Gasteiger partial charge >= 0.3 is 0 Å². The molecule has 0 spiro atoms. The quantitative estimate of drug-likeness (QED) is 0.553. The largest absolute Gasteiger partial charge is 0.0739 e. The van der Waals surface area contributed by atoms with Gasteiger partial charge in [-0.05, 0) is 35.3 Å². The zero-order chi connectivity index (χ0) is 7.97. The van der Waals surface area contributed by atoms with Gasteiger partial charge in [-0.25, -0.2) is 0 Å². The molecule has 2 bridgehead atoms. The number of hydrogen-bond donors (Lipinski definition) is 0. The molecule has 0 N–H and O–H groups in total. The molecule has 0 amide bonds. The maximum absolute atomic E-state index is 2.38. The lowest BCUT2D eigenvalue weighted by Crippen LogP contribution is -2.35. The van der Waals surface area contributed by atoms with E-state index < -0.39 is 0 Å². The van der Waals surface area contributed by atoms with Crippen LogP contribution in [0.5, 0.6) is 0 Å². The first-order chi connectivity index (χ1) is 5.95. The average molecular weight is 194 g/mol. The van der Waals surface area contributed by atoms with Crippen molar-refractivity contribution < 1.29 is 0 Å². The molecule has 3 aliphatic rings. The molecule has 12 heavy (non-hydrogen) atoms. The van der Waals surface area contributed by atoms with Crippen molar-refractivity contribution in [3.63, 3.8) is 0 Å². The van der Waals surface area contributed by atoms with E-state index >= 15 is 0 Å².